The number of aryl methyl sites for hydroxylation is 1. The molecule has 1 aromatic heterocycles. The molecule has 0 spiro atoms. The van der Waals surface area contributed by atoms with E-state index >= 15 is 0 Å². The minimum absolute atomic E-state index is 0.230. The molecule has 1 rings (SSSR count). The molecule has 1 heterocycles. The molecular weight excluding hydrogens is 224 g/mol. The van der Waals surface area contributed by atoms with Crippen LogP contribution in [0.5, 0.6) is 0 Å². The van der Waals surface area contributed by atoms with Crippen LogP contribution >= 0.6 is 11.3 Å². The van der Waals surface area contributed by atoms with Crippen molar-refractivity contribution >= 4 is 17.3 Å². The quantitative estimate of drug-likeness (QED) is 0.742. The molecule has 0 aliphatic heterocycles. The van der Waals surface area contributed by atoms with E-state index in [9.17, 15) is 4.79 Å². The van der Waals surface area contributed by atoms with Crippen molar-refractivity contribution in [3.8, 4) is 6.07 Å². The van der Waals surface area contributed by atoms with Gasteiger partial charge in [0.1, 0.15) is 15.5 Å². The van der Waals surface area contributed by atoms with Crippen molar-refractivity contribution in [2.75, 3.05) is 0 Å². The summed E-state index contributed by atoms with van der Waals surface area (Å²) in [5.41, 5.74) is 0.118. The van der Waals surface area contributed by atoms with Gasteiger partial charge in [0.15, 0.2) is 0 Å². The normalized spacial score (nSPS) is 10.9. The number of carbonyl (C=O) groups is 1. The van der Waals surface area contributed by atoms with Gasteiger partial charge in [-0.1, -0.05) is 0 Å². The molecule has 16 heavy (non-hydrogen) atoms. The fourth-order valence-corrected chi connectivity index (χ4v) is 1.98. The van der Waals surface area contributed by atoms with Gasteiger partial charge in [0.2, 0.25) is 0 Å². The molecule has 5 heteroatoms. The van der Waals surface area contributed by atoms with Crippen LogP contribution in [0, 0.1) is 18.3 Å². The number of ether oxygens (including phenoxy) is 1. The van der Waals surface area contributed by atoms with Crippen LogP contribution < -0.4 is 0 Å². The highest BCUT2D eigenvalue weighted by molar-refractivity contribution is 7.13. The third-order valence-electron chi connectivity index (χ3n) is 1.66. The van der Waals surface area contributed by atoms with Crippen LogP contribution in [0.25, 0.3) is 0 Å². The third-order valence-corrected chi connectivity index (χ3v) is 2.79. The summed E-state index contributed by atoms with van der Waals surface area (Å²) in [6, 6.07) is 2.01. The van der Waals surface area contributed by atoms with Gasteiger partial charge in [0, 0.05) is 0 Å². The molecule has 0 aromatic carbocycles. The van der Waals surface area contributed by atoms with Crippen molar-refractivity contribution in [2.45, 2.75) is 39.7 Å². The maximum atomic E-state index is 11.8. The van der Waals surface area contributed by atoms with E-state index < -0.39 is 5.60 Å². The number of hydrogen-bond donors (Lipinski definition) is 0. The third kappa shape index (κ3) is 3.31. The molecule has 0 N–H and O–H groups in total. The van der Waals surface area contributed by atoms with Crippen molar-refractivity contribution < 1.29 is 9.53 Å². The molecule has 0 saturated carbocycles. The number of hydrogen-bond acceptors (Lipinski definition) is 5. The number of rotatable bonds is 2. The summed E-state index contributed by atoms with van der Waals surface area (Å²) in [7, 11) is 0. The lowest BCUT2D eigenvalue weighted by Crippen LogP contribution is -2.23. The van der Waals surface area contributed by atoms with Gasteiger partial charge in [-0.3, -0.25) is 0 Å². The first kappa shape index (κ1) is 12.7. The standard InChI is InChI=1S/C11H14N2O2S/c1-7-9(10(14)15-11(2,3)4)16-8(13-7)5-6-12/h5H2,1-4H3. The lowest BCUT2D eigenvalue weighted by Gasteiger charge is -2.18. The van der Waals surface area contributed by atoms with Gasteiger partial charge in [-0.15, -0.1) is 11.3 Å². The number of nitrogens with zero attached hydrogens (tertiary/aromatic N) is 2. The maximum absolute atomic E-state index is 11.8. The second-order valence-electron chi connectivity index (χ2n) is 4.36. The zero-order valence-electron chi connectivity index (χ0n) is 9.83. The Labute approximate surface area is 98.9 Å². The number of esters is 1. The van der Waals surface area contributed by atoms with E-state index in [1.807, 2.05) is 26.8 Å². The van der Waals surface area contributed by atoms with Crippen molar-refractivity contribution in [1.82, 2.24) is 4.98 Å². The number of nitriles is 1. The Morgan fingerprint density at radius 2 is 2.19 bits per heavy atom. The van der Waals surface area contributed by atoms with Gasteiger partial charge in [-0.2, -0.15) is 5.26 Å². The molecular formula is C11H14N2O2S. The molecule has 0 radical (unpaired) electrons. The van der Waals surface area contributed by atoms with Crippen LogP contribution in [-0.2, 0) is 11.2 Å². The highest BCUT2D eigenvalue weighted by atomic mass is 32.1. The number of thiazole rings is 1. The van der Waals surface area contributed by atoms with Gasteiger partial charge in [-0.25, -0.2) is 9.78 Å². The number of carbonyl (C=O) groups excluding carboxylic acids is 1. The van der Waals surface area contributed by atoms with Crippen LogP contribution in [0.4, 0.5) is 0 Å². The van der Waals surface area contributed by atoms with Crippen LogP contribution in [0.15, 0.2) is 0 Å². The Hall–Kier alpha value is -1.41. The smallest absolute Gasteiger partial charge is 0.350 e. The molecule has 0 aliphatic rings. The maximum Gasteiger partial charge on any atom is 0.350 e. The van der Waals surface area contributed by atoms with Gasteiger partial charge >= 0.3 is 5.97 Å². The topological polar surface area (TPSA) is 63.0 Å². The van der Waals surface area contributed by atoms with E-state index in [-0.39, 0.29) is 12.4 Å². The highest BCUT2D eigenvalue weighted by Gasteiger charge is 2.22. The summed E-state index contributed by atoms with van der Waals surface area (Å²) in [6.07, 6.45) is 0.230. The first-order valence-corrected chi connectivity index (χ1v) is 5.72. The zero-order valence-corrected chi connectivity index (χ0v) is 10.6. The first-order valence-electron chi connectivity index (χ1n) is 4.90. The average molecular weight is 238 g/mol. The minimum Gasteiger partial charge on any atom is -0.456 e. The Bertz CT molecular complexity index is 438. The SMILES string of the molecule is Cc1nc(CC#N)sc1C(=O)OC(C)(C)C. The first-order chi connectivity index (χ1) is 7.33. The molecule has 0 amide bonds. The molecule has 0 atom stereocenters. The van der Waals surface area contributed by atoms with E-state index in [1.165, 1.54) is 11.3 Å². The Kier molecular flexibility index (Phi) is 3.66. The van der Waals surface area contributed by atoms with Gasteiger partial charge < -0.3 is 4.74 Å². The van der Waals surface area contributed by atoms with Gasteiger partial charge in [0.05, 0.1) is 18.2 Å². The van der Waals surface area contributed by atoms with Crippen LogP contribution in [0.1, 0.15) is 41.1 Å². The summed E-state index contributed by atoms with van der Waals surface area (Å²) >= 11 is 1.22. The summed E-state index contributed by atoms with van der Waals surface area (Å²) in [6.45, 7) is 7.20. The fourth-order valence-electron chi connectivity index (χ4n) is 1.11. The van der Waals surface area contributed by atoms with Crippen LogP contribution in [0.2, 0.25) is 0 Å². The predicted octanol–water partition coefficient (Wildman–Crippen LogP) is 2.47. The summed E-state index contributed by atoms with van der Waals surface area (Å²) in [5.74, 6) is -0.369. The van der Waals surface area contributed by atoms with Gasteiger partial charge in [-0.05, 0) is 27.7 Å². The Morgan fingerprint density at radius 3 is 2.69 bits per heavy atom. The van der Waals surface area contributed by atoms with E-state index in [1.54, 1.807) is 6.92 Å². The van der Waals surface area contributed by atoms with E-state index in [4.69, 9.17) is 10.00 Å². The lowest BCUT2D eigenvalue weighted by molar-refractivity contribution is 0.00742. The molecule has 1 aromatic rings. The van der Waals surface area contributed by atoms with Crippen LogP contribution in [-0.4, -0.2) is 16.6 Å². The molecule has 0 fully saturated rings. The summed E-state index contributed by atoms with van der Waals surface area (Å²) < 4.78 is 5.24. The highest BCUT2D eigenvalue weighted by Crippen LogP contribution is 2.21. The summed E-state index contributed by atoms with van der Waals surface area (Å²) in [4.78, 5) is 16.4. The molecule has 86 valence electrons. The van der Waals surface area contributed by atoms with Crippen molar-refractivity contribution in [3.05, 3.63) is 15.6 Å². The van der Waals surface area contributed by atoms with Crippen LogP contribution in [0.3, 0.4) is 0 Å². The fraction of sp³-hybridized carbons (Fsp3) is 0.545. The molecule has 0 saturated heterocycles. The molecule has 0 aliphatic carbocycles. The van der Waals surface area contributed by atoms with E-state index in [0.717, 1.165) is 0 Å². The van der Waals surface area contributed by atoms with Crippen molar-refractivity contribution in [3.63, 3.8) is 0 Å². The van der Waals surface area contributed by atoms with Crippen molar-refractivity contribution in [2.24, 2.45) is 0 Å². The van der Waals surface area contributed by atoms with Gasteiger partial charge in [0.25, 0.3) is 0 Å². The molecule has 0 unspecified atom stereocenters. The van der Waals surface area contributed by atoms with Crippen molar-refractivity contribution in [1.29, 1.82) is 5.26 Å². The lowest BCUT2D eigenvalue weighted by atomic mass is 10.2. The van der Waals surface area contributed by atoms with E-state index in [0.29, 0.717) is 15.6 Å². The second-order valence-corrected chi connectivity index (χ2v) is 5.44. The monoisotopic (exact) mass is 238 g/mol. The molecule has 4 nitrogen and oxygen atoms in total. The number of aromatic nitrogens is 1. The van der Waals surface area contributed by atoms with E-state index in [2.05, 4.69) is 4.98 Å². The molecule has 0 bridgehead atoms. The summed E-state index contributed by atoms with van der Waals surface area (Å²) in [5, 5.41) is 9.20. The Morgan fingerprint density at radius 1 is 1.56 bits per heavy atom. The predicted molar refractivity (Wildman–Crippen MR) is 61.3 cm³/mol. The Balaban J connectivity index is 2.88. The second kappa shape index (κ2) is 4.62. The average Bonchev–Trinajstić information content (AvgIpc) is 2.44. The minimum atomic E-state index is -0.511. The zero-order chi connectivity index (χ0) is 12.3. The largest absolute Gasteiger partial charge is 0.456 e.